The van der Waals surface area contributed by atoms with Crippen molar-refractivity contribution in [1.82, 2.24) is 4.90 Å². The summed E-state index contributed by atoms with van der Waals surface area (Å²) < 4.78 is 12.0. The number of ether oxygens (including phenoxy) is 2. The van der Waals surface area contributed by atoms with Gasteiger partial charge in [-0.1, -0.05) is 0 Å². The summed E-state index contributed by atoms with van der Waals surface area (Å²) in [5, 5.41) is 0. The Morgan fingerprint density at radius 1 is 0.962 bits per heavy atom. The molecule has 0 saturated carbocycles. The molecule has 5 nitrogen and oxygen atoms in total. The maximum absolute atomic E-state index is 12.5. The number of carbonyl (C=O) groups is 1. The molecule has 1 amide bonds. The number of methoxy groups -OCH3 is 1. The summed E-state index contributed by atoms with van der Waals surface area (Å²) in [6.07, 6.45) is 0.946. The molecule has 1 fully saturated rings. The highest BCUT2D eigenvalue weighted by molar-refractivity contribution is 14.1. The molecule has 1 aliphatic heterocycles. The fraction of sp³-hybridized carbons (Fsp3) is 0.350. The lowest BCUT2D eigenvalue weighted by Crippen LogP contribution is -2.38. The zero-order valence-corrected chi connectivity index (χ0v) is 17.0. The second-order valence-electron chi connectivity index (χ2n) is 6.16. The third-order valence-corrected chi connectivity index (χ3v) is 5.18. The van der Waals surface area contributed by atoms with Gasteiger partial charge in [0, 0.05) is 35.4 Å². The highest BCUT2D eigenvalue weighted by Gasteiger charge is 2.19. The number of nitrogens with zero attached hydrogens (tertiary/aromatic N) is 2. The number of benzene rings is 2. The molecule has 0 aromatic heterocycles. The van der Waals surface area contributed by atoms with Crippen LogP contribution in [0.5, 0.6) is 11.5 Å². The molecule has 0 N–H and O–H groups in total. The van der Waals surface area contributed by atoms with Crippen molar-refractivity contribution in [3.05, 3.63) is 52.1 Å². The van der Waals surface area contributed by atoms with E-state index in [1.165, 1.54) is 0 Å². The molecule has 0 radical (unpaired) electrons. The Hall–Kier alpha value is -1.96. The molecule has 0 bridgehead atoms. The average Bonchev–Trinajstić information content (AvgIpc) is 2.94. The number of halogens is 1. The van der Waals surface area contributed by atoms with Crippen LogP contribution in [0, 0.1) is 3.57 Å². The Morgan fingerprint density at radius 2 is 1.65 bits per heavy atom. The van der Waals surface area contributed by atoms with Crippen molar-refractivity contribution in [2.45, 2.75) is 6.42 Å². The molecule has 1 aliphatic rings. The average molecular weight is 466 g/mol. The van der Waals surface area contributed by atoms with Crippen molar-refractivity contribution < 1.29 is 14.3 Å². The molecule has 0 aliphatic carbocycles. The topological polar surface area (TPSA) is 42.0 Å². The van der Waals surface area contributed by atoms with Gasteiger partial charge >= 0.3 is 0 Å². The Balaban J connectivity index is 1.52. The first kappa shape index (κ1) is 18.8. The van der Waals surface area contributed by atoms with Crippen LogP contribution in [0.1, 0.15) is 6.42 Å². The first-order valence-electron chi connectivity index (χ1n) is 8.71. The summed E-state index contributed by atoms with van der Waals surface area (Å²) in [6, 6.07) is 15.8. The largest absolute Gasteiger partial charge is 0.497 e. The Bertz CT molecular complexity index is 719. The predicted octanol–water partition coefficient (Wildman–Crippen LogP) is 3.42. The summed E-state index contributed by atoms with van der Waals surface area (Å²) in [5.41, 5.74) is 1.16. The fourth-order valence-electron chi connectivity index (χ4n) is 2.99. The molecule has 2 aromatic carbocycles. The predicted molar refractivity (Wildman–Crippen MR) is 111 cm³/mol. The summed E-state index contributed by atoms with van der Waals surface area (Å²) in [5.74, 6) is 1.63. The van der Waals surface area contributed by atoms with E-state index >= 15 is 0 Å². The number of hydrogen-bond acceptors (Lipinski definition) is 4. The van der Waals surface area contributed by atoms with Crippen LogP contribution >= 0.6 is 22.6 Å². The summed E-state index contributed by atoms with van der Waals surface area (Å²) >= 11 is 2.25. The lowest BCUT2D eigenvalue weighted by Gasteiger charge is -2.24. The SMILES string of the molecule is COc1ccc(N2CCCN(C(=O)COc3ccc(I)cc3)CC2)cc1. The summed E-state index contributed by atoms with van der Waals surface area (Å²) in [6.45, 7) is 3.32. The van der Waals surface area contributed by atoms with Gasteiger partial charge in [-0.2, -0.15) is 0 Å². The highest BCUT2D eigenvalue weighted by atomic mass is 127. The van der Waals surface area contributed by atoms with Gasteiger partial charge in [-0.3, -0.25) is 4.79 Å². The van der Waals surface area contributed by atoms with E-state index in [0.29, 0.717) is 6.54 Å². The minimum Gasteiger partial charge on any atom is -0.497 e. The maximum Gasteiger partial charge on any atom is 0.260 e. The molecular formula is C20H23IN2O3. The number of amides is 1. The van der Waals surface area contributed by atoms with Crippen LogP contribution in [0.15, 0.2) is 48.5 Å². The first-order valence-corrected chi connectivity index (χ1v) is 9.79. The van der Waals surface area contributed by atoms with Gasteiger partial charge in [0.1, 0.15) is 11.5 Å². The van der Waals surface area contributed by atoms with Gasteiger partial charge in [-0.25, -0.2) is 0 Å². The third-order valence-electron chi connectivity index (χ3n) is 4.46. The van der Waals surface area contributed by atoms with E-state index in [0.717, 1.165) is 46.8 Å². The van der Waals surface area contributed by atoms with E-state index in [2.05, 4.69) is 39.6 Å². The number of rotatable bonds is 5. The molecule has 0 spiro atoms. The monoisotopic (exact) mass is 466 g/mol. The van der Waals surface area contributed by atoms with Crippen molar-refractivity contribution in [3.8, 4) is 11.5 Å². The normalized spacial score (nSPS) is 14.7. The first-order chi connectivity index (χ1) is 12.7. The van der Waals surface area contributed by atoms with Gasteiger partial charge in [0.25, 0.3) is 5.91 Å². The van der Waals surface area contributed by atoms with E-state index in [1.54, 1.807) is 7.11 Å². The Labute approximate surface area is 168 Å². The van der Waals surface area contributed by atoms with E-state index in [9.17, 15) is 4.79 Å². The molecular weight excluding hydrogens is 443 g/mol. The zero-order chi connectivity index (χ0) is 18.4. The number of carbonyl (C=O) groups excluding carboxylic acids is 1. The zero-order valence-electron chi connectivity index (χ0n) is 14.9. The Kier molecular flexibility index (Phi) is 6.60. The molecule has 26 heavy (non-hydrogen) atoms. The minimum absolute atomic E-state index is 0.0418. The van der Waals surface area contributed by atoms with Crippen LogP contribution in [0.3, 0.4) is 0 Å². The van der Waals surface area contributed by atoms with Gasteiger partial charge in [0.2, 0.25) is 0 Å². The molecule has 0 unspecified atom stereocenters. The molecule has 3 rings (SSSR count). The van der Waals surface area contributed by atoms with Crippen molar-refractivity contribution in [3.63, 3.8) is 0 Å². The quantitative estimate of drug-likeness (QED) is 0.634. The van der Waals surface area contributed by atoms with Gasteiger partial charge in [0.05, 0.1) is 7.11 Å². The molecule has 1 heterocycles. The second kappa shape index (κ2) is 9.12. The van der Waals surface area contributed by atoms with Crippen LogP contribution in [0.25, 0.3) is 0 Å². The maximum atomic E-state index is 12.5. The standard InChI is InChI=1S/C20H23IN2O3/c1-25-18-9-5-17(6-10-18)22-11-2-12-23(14-13-22)20(24)15-26-19-7-3-16(21)4-8-19/h3-10H,2,11-15H2,1H3. The van der Waals surface area contributed by atoms with Crippen molar-refractivity contribution in [2.75, 3.05) is 44.8 Å². The molecule has 1 saturated heterocycles. The second-order valence-corrected chi connectivity index (χ2v) is 7.41. The van der Waals surface area contributed by atoms with Crippen molar-refractivity contribution in [2.24, 2.45) is 0 Å². The van der Waals surface area contributed by atoms with Gasteiger partial charge in [-0.15, -0.1) is 0 Å². The van der Waals surface area contributed by atoms with Crippen LogP contribution in [-0.2, 0) is 4.79 Å². The van der Waals surface area contributed by atoms with Crippen LogP contribution < -0.4 is 14.4 Å². The van der Waals surface area contributed by atoms with E-state index in [1.807, 2.05) is 41.3 Å². The van der Waals surface area contributed by atoms with Crippen LogP contribution in [-0.4, -0.2) is 50.7 Å². The van der Waals surface area contributed by atoms with E-state index in [-0.39, 0.29) is 12.5 Å². The minimum atomic E-state index is 0.0418. The van der Waals surface area contributed by atoms with Gasteiger partial charge < -0.3 is 19.3 Å². The van der Waals surface area contributed by atoms with E-state index in [4.69, 9.17) is 9.47 Å². The molecule has 6 heteroatoms. The smallest absolute Gasteiger partial charge is 0.260 e. The molecule has 0 atom stereocenters. The lowest BCUT2D eigenvalue weighted by molar-refractivity contribution is -0.133. The Morgan fingerprint density at radius 3 is 2.35 bits per heavy atom. The summed E-state index contributed by atoms with van der Waals surface area (Å²) in [7, 11) is 1.67. The third kappa shape index (κ3) is 5.03. The van der Waals surface area contributed by atoms with E-state index < -0.39 is 0 Å². The lowest BCUT2D eigenvalue weighted by atomic mass is 10.2. The highest BCUT2D eigenvalue weighted by Crippen LogP contribution is 2.20. The molecule has 138 valence electrons. The van der Waals surface area contributed by atoms with Crippen LogP contribution in [0.2, 0.25) is 0 Å². The van der Waals surface area contributed by atoms with Crippen molar-refractivity contribution >= 4 is 34.2 Å². The van der Waals surface area contributed by atoms with Crippen molar-refractivity contribution in [1.29, 1.82) is 0 Å². The summed E-state index contributed by atoms with van der Waals surface area (Å²) in [4.78, 5) is 16.7. The number of hydrogen-bond donors (Lipinski definition) is 0. The number of anilines is 1. The molecule has 2 aromatic rings. The fourth-order valence-corrected chi connectivity index (χ4v) is 3.34. The van der Waals surface area contributed by atoms with Gasteiger partial charge in [-0.05, 0) is 77.5 Å². The van der Waals surface area contributed by atoms with Crippen LogP contribution in [0.4, 0.5) is 5.69 Å². The van der Waals surface area contributed by atoms with Gasteiger partial charge in [0.15, 0.2) is 6.61 Å².